The van der Waals surface area contributed by atoms with Crippen LogP contribution in [0.4, 0.5) is 0 Å². The number of aromatic nitrogens is 5. The van der Waals surface area contributed by atoms with E-state index in [1.807, 2.05) is 13.8 Å². The van der Waals surface area contributed by atoms with Gasteiger partial charge in [0.15, 0.2) is 5.82 Å². The molecule has 0 spiro atoms. The van der Waals surface area contributed by atoms with E-state index in [0.717, 1.165) is 0 Å². The SMILES string of the molecule is CC(C)Cn1c(-c2cncn2C)nnc1S(N)(=O)=O. The maximum absolute atomic E-state index is 11.5. The first-order valence-corrected chi connectivity index (χ1v) is 7.28. The third-order valence-corrected chi connectivity index (χ3v) is 3.38. The summed E-state index contributed by atoms with van der Waals surface area (Å²) in [7, 11) is -2.10. The lowest BCUT2D eigenvalue weighted by Crippen LogP contribution is -2.20. The van der Waals surface area contributed by atoms with Crippen molar-refractivity contribution in [3.05, 3.63) is 12.5 Å². The Kier molecular flexibility index (Phi) is 3.42. The monoisotopic (exact) mass is 284 g/mol. The molecule has 8 nitrogen and oxygen atoms in total. The van der Waals surface area contributed by atoms with E-state index in [1.165, 1.54) is 4.57 Å². The van der Waals surface area contributed by atoms with Crippen molar-refractivity contribution in [3.63, 3.8) is 0 Å². The van der Waals surface area contributed by atoms with Crippen LogP contribution in [0.3, 0.4) is 0 Å². The van der Waals surface area contributed by atoms with Crippen molar-refractivity contribution in [3.8, 4) is 11.5 Å². The van der Waals surface area contributed by atoms with Crippen molar-refractivity contribution in [2.75, 3.05) is 0 Å². The van der Waals surface area contributed by atoms with Crippen LogP contribution < -0.4 is 5.14 Å². The zero-order chi connectivity index (χ0) is 14.2. The summed E-state index contributed by atoms with van der Waals surface area (Å²) in [4.78, 5) is 3.99. The van der Waals surface area contributed by atoms with Crippen molar-refractivity contribution in [2.24, 2.45) is 18.1 Å². The second-order valence-electron chi connectivity index (χ2n) is 4.75. The van der Waals surface area contributed by atoms with Gasteiger partial charge in [0.2, 0.25) is 0 Å². The van der Waals surface area contributed by atoms with Gasteiger partial charge in [0, 0.05) is 13.6 Å². The van der Waals surface area contributed by atoms with E-state index >= 15 is 0 Å². The summed E-state index contributed by atoms with van der Waals surface area (Å²) in [5.41, 5.74) is 0.683. The molecule has 0 unspecified atom stereocenters. The van der Waals surface area contributed by atoms with Gasteiger partial charge < -0.3 is 4.57 Å². The van der Waals surface area contributed by atoms with Crippen LogP contribution in [0.25, 0.3) is 11.5 Å². The Hall–Kier alpha value is -1.74. The quantitative estimate of drug-likeness (QED) is 0.848. The van der Waals surface area contributed by atoms with Gasteiger partial charge in [0.05, 0.1) is 12.5 Å². The van der Waals surface area contributed by atoms with Gasteiger partial charge in [-0.3, -0.25) is 4.57 Å². The first-order valence-electron chi connectivity index (χ1n) is 5.73. The van der Waals surface area contributed by atoms with Crippen molar-refractivity contribution in [1.29, 1.82) is 0 Å². The molecule has 19 heavy (non-hydrogen) atoms. The van der Waals surface area contributed by atoms with Crippen LogP contribution in [-0.4, -0.2) is 32.7 Å². The normalized spacial score (nSPS) is 12.3. The molecular weight excluding hydrogens is 268 g/mol. The number of hydrogen-bond acceptors (Lipinski definition) is 5. The minimum atomic E-state index is -3.90. The van der Waals surface area contributed by atoms with Crippen LogP contribution in [0, 0.1) is 5.92 Å². The molecule has 2 aromatic heterocycles. The smallest absolute Gasteiger partial charge is 0.273 e. The molecule has 0 aromatic carbocycles. The van der Waals surface area contributed by atoms with Crippen LogP contribution in [0.5, 0.6) is 0 Å². The van der Waals surface area contributed by atoms with Gasteiger partial charge in [-0.05, 0) is 5.92 Å². The molecule has 9 heteroatoms. The molecule has 0 saturated heterocycles. The number of hydrogen-bond donors (Lipinski definition) is 1. The fourth-order valence-electron chi connectivity index (χ4n) is 1.79. The highest BCUT2D eigenvalue weighted by Gasteiger charge is 2.23. The van der Waals surface area contributed by atoms with Gasteiger partial charge in [-0.2, -0.15) is 0 Å². The van der Waals surface area contributed by atoms with Gasteiger partial charge >= 0.3 is 0 Å². The summed E-state index contributed by atoms with van der Waals surface area (Å²) in [6.07, 6.45) is 3.22. The first kappa shape index (κ1) is 13.7. The molecular formula is C10H16N6O2S. The highest BCUT2D eigenvalue weighted by atomic mass is 32.2. The topological polar surface area (TPSA) is 109 Å². The largest absolute Gasteiger partial charge is 0.331 e. The Morgan fingerprint density at radius 1 is 1.37 bits per heavy atom. The van der Waals surface area contributed by atoms with Crippen LogP contribution in [0.2, 0.25) is 0 Å². The Balaban J connectivity index is 2.63. The van der Waals surface area contributed by atoms with Gasteiger partial charge in [-0.15, -0.1) is 10.2 Å². The molecule has 2 heterocycles. The lowest BCUT2D eigenvalue weighted by atomic mass is 10.2. The van der Waals surface area contributed by atoms with Gasteiger partial charge in [0.25, 0.3) is 15.2 Å². The van der Waals surface area contributed by atoms with E-state index in [0.29, 0.717) is 18.1 Å². The molecule has 0 saturated carbocycles. The maximum atomic E-state index is 11.5. The van der Waals surface area contributed by atoms with Crippen LogP contribution in [0.15, 0.2) is 17.7 Å². The summed E-state index contributed by atoms with van der Waals surface area (Å²) in [6.45, 7) is 4.40. The Morgan fingerprint density at radius 2 is 2.05 bits per heavy atom. The Morgan fingerprint density at radius 3 is 2.53 bits per heavy atom. The summed E-state index contributed by atoms with van der Waals surface area (Å²) in [5.74, 6) is 0.668. The zero-order valence-electron chi connectivity index (χ0n) is 11.0. The van der Waals surface area contributed by atoms with Crippen molar-refractivity contribution in [1.82, 2.24) is 24.3 Å². The fraction of sp³-hybridized carbons (Fsp3) is 0.500. The molecule has 0 atom stereocenters. The van der Waals surface area contributed by atoms with Crippen molar-refractivity contribution >= 4 is 10.0 Å². The predicted molar refractivity (Wildman–Crippen MR) is 68.4 cm³/mol. The van der Waals surface area contributed by atoms with E-state index in [4.69, 9.17) is 5.14 Å². The Bertz CT molecular complexity index is 685. The minimum Gasteiger partial charge on any atom is -0.331 e. The van der Waals surface area contributed by atoms with E-state index in [1.54, 1.807) is 24.1 Å². The first-order chi connectivity index (χ1) is 8.80. The summed E-state index contributed by atoms with van der Waals surface area (Å²) in [6, 6.07) is 0. The van der Waals surface area contributed by atoms with Gasteiger partial charge in [0.1, 0.15) is 5.69 Å². The van der Waals surface area contributed by atoms with Crippen molar-refractivity contribution < 1.29 is 8.42 Å². The number of imidazole rings is 1. The Labute approximate surface area is 111 Å². The summed E-state index contributed by atoms with van der Waals surface area (Å²) in [5, 5.41) is 12.6. The fourth-order valence-corrected chi connectivity index (χ4v) is 2.41. The van der Waals surface area contributed by atoms with E-state index in [9.17, 15) is 8.42 Å². The molecule has 0 aliphatic heterocycles. The second kappa shape index (κ2) is 4.74. The summed E-state index contributed by atoms with van der Waals surface area (Å²) < 4.78 is 26.3. The third kappa shape index (κ3) is 2.66. The van der Waals surface area contributed by atoms with Crippen molar-refractivity contribution in [2.45, 2.75) is 25.5 Å². The number of nitrogens with zero attached hydrogens (tertiary/aromatic N) is 5. The lowest BCUT2D eigenvalue weighted by molar-refractivity contribution is 0.485. The number of aryl methyl sites for hydroxylation is 1. The molecule has 2 aromatic rings. The molecule has 104 valence electrons. The molecule has 0 fully saturated rings. The van der Waals surface area contributed by atoms with E-state index < -0.39 is 10.0 Å². The van der Waals surface area contributed by atoms with E-state index in [2.05, 4.69) is 15.2 Å². The van der Waals surface area contributed by atoms with E-state index in [-0.39, 0.29) is 11.1 Å². The molecule has 2 N–H and O–H groups in total. The number of primary sulfonamides is 1. The van der Waals surface area contributed by atoms with Gasteiger partial charge in [-0.1, -0.05) is 13.8 Å². The molecule has 0 radical (unpaired) electrons. The van der Waals surface area contributed by atoms with Gasteiger partial charge in [-0.25, -0.2) is 18.5 Å². The average molecular weight is 284 g/mol. The van der Waals surface area contributed by atoms with Crippen LogP contribution in [0.1, 0.15) is 13.8 Å². The summed E-state index contributed by atoms with van der Waals surface area (Å²) >= 11 is 0. The lowest BCUT2D eigenvalue weighted by Gasteiger charge is -2.11. The predicted octanol–water partition coefficient (Wildman–Crippen LogP) is -0.0180. The number of nitrogens with two attached hydrogens (primary N) is 1. The minimum absolute atomic E-state index is 0.225. The molecule has 0 aliphatic carbocycles. The highest BCUT2D eigenvalue weighted by Crippen LogP contribution is 2.20. The third-order valence-electron chi connectivity index (χ3n) is 2.56. The standard InChI is InChI=1S/C10H16N6O2S/c1-7(2)5-16-9(8-4-12-6-15(8)3)13-14-10(16)19(11,17)18/h4,6-7H,5H2,1-3H3,(H2,11,17,18). The second-order valence-corrected chi connectivity index (χ2v) is 6.20. The van der Waals surface area contributed by atoms with Crippen LogP contribution in [-0.2, 0) is 23.6 Å². The molecule has 0 bridgehead atoms. The van der Waals surface area contributed by atoms with Crippen LogP contribution >= 0.6 is 0 Å². The number of rotatable bonds is 4. The molecule has 0 aliphatic rings. The average Bonchev–Trinajstić information content (AvgIpc) is 2.82. The highest BCUT2D eigenvalue weighted by molar-refractivity contribution is 7.89. The zero-order valence-corrected chi connectivity index (χ0v) is 11.8. The molecule has 2 rings (SSSR count). The number of sulfonamides is 1. The maximum Gasteiger partial charge on any atom is 0.273 e. The molecule has 0 amide bonds.